The Hall–Kier alpha value is -2.46. The minimum absolute atomic E-state index is 0.0983. The first kappa shape index (κ1) is 12.6. The molecule has 0 spiro atoms. The fourth-order valence-electron chi connectivity index (χ4n) is 2.29. The summed E-state index contributed by atoms with van der Waals surface area (Å²) < 4.78 is 7.08. The van der Waals surface area contributed by atoms with Gasteiger partial charge in [-0.2, -0.15) is 0 Å². The zero-order valence-electron chi connectivity index (χ0n) is 11.1. The van der Waals surface area contributed by atoms with E-state index >= 15 is 0 Å². The minimum Gasteiger partial charge on any atom is -0.364 e. The lowest BCUT2D eigenvalue weighted by Crippen LogP contribution is -2.12. The zero-order valence-corrected chi connectivity index (χ0v) is 11.1. The number of fused-ring (bicyclic) bond motifs is 1. The Kier molecular flexibility index (Phi) is 3.31. The van der Waals surface area contributed by atoms with Gasteiger partial charge < -0.3 is 9.30 Å². The number of pyridine rings is 1. The van der Waals surface area contributed by atoms with Crippen molar-refractivity contribution in [2.24, 2.45) is 0 Å². The van der Waals surface area contributed by atoms with Crippen LogP contribution in [0.3, 0.4) is 0 Å². The summed E-state index contributed by atoms with van der Waals surface area (Å²) in [4.78, 5) is 16.7. The first-order chi connectivity index (χ1) is 9.81. The predicted molar refractivity (Wildman–Crippen MR) is 76.6 cm³/mol. The monoisotopic (exact) mass is 266 g/mol. The van der Waals surface area contributed by atoms with Crippen LogP contribution in [0.4, 0.5) is 0 Å². The lowest BCUT2D eigenvalue weighted by Gasteiger charge is -2.08. The highest BCUT2D eigenvalue weighted by molar-refractivity contribution is 6.09. The average Bonchev–Trinajstić information content (AvgIpc) is 2.87. The Morgan fingerprint density at radius 3 is 2.75 bits per heavy atom. The predicted octanol–water partition coefficient (Wildman–Crippen LogP) is 2.87. The summed E-state index contributed by atoms with van der Waals surface area (Å²) in [7, 11) is 1.61. The molecule has 3 rings (SSSR count). The molecule has 0 aliphatic heterocycles. The molecule has 0 atom stereocenters. The van der Waals surface area contributed by atoms with Crippen molar-refractivity contribution in [1.29, 1.82) is 0 Å². The number of methoxy groups -OCH3 is 1. The van der Waals surface area contributed by atoms with Crippen molar-refractivity contribution in [3.05, 3.63) is 66.1 Å². The van der Waals surface area contributed by atoms with E-state index in [0.717, 1.165) is 10.9 Å². The van der Waals surface area contributed by atoms with Crippen LogP contribution < -0.4 is 0 Å². The molecule has 0 aliphatic carbocycles. The normalized spacial score (nSPS) is 10.8. The van der Waals surface area contributed by atoms with Crippen molar-refractivity contribution >= 4 is 16.7 Å². The van der Waals surface area contributed by atoms with Gasteiger partial charge in [0.2, 0.25) is 5.78 Å². The smallest absolute Gasteiger partial charge is 0.227 e. The second kappa shape index (κ2) is 5.27. The summed E-state index contributed by atoms with van der Waals surface area (Å²) in [5.74, 6) is -0.0983. The summed E-state index contributed by atoms with van der Waals surface area (Å²) in [6, 6.07) is 15.1. The van der Waals surface area contributed by atoms with Gasteiger partial charge >= 0.3 is 0 Å². The molecular weight excluding hydrogens is 252 g/mol. The Bertz CT molecular complexity index is 748. The van der Waals surface area contributed by atoms with Crippen molar-refractivity contribution in [3.8, 4) is 0 Å². The van der Waals surface area contributed by atoms with E-state index in [-0.39, 0.29) is 5.78 Å². The number of nitrogens with zero attached hydrogens (tertiary/aromatic N) is 2. The third kappa shape index (κ3) is 2.10. The molecule has 0 unspecified atom stereocenters. The van der Waals surface area contributed by atoms with Crippen LogP contribution in [0.5, 0.6) is 0 Å². The SMILES string of the molecule is COCn1c(C(=O)c2ccccn2)cc2ccccc21. The highest BCUT2D eigenvalue weighted by atomic mass is 16.5. The zero-order chi connectivity index (χ0) is 13.9. The molecule has 0 saturated heterocycles. The Balaban J connectivity index is 2.15. The van der Waals surface area contributed by atoms with Crippen molar-refractivity contribution in [2.45, 2.75) is 6.73 Å². The molecule has 1 aromatic carbocycles. The van der Waals surface area contributed by atoms with Crippen molar-refractivity contribution in [2.75, 3.05) is 7.11 Å². The molecule has 0 amide bonds. The molecule has 100 valence electrons. The number of hydrogen-bond acceptors (Lipinski definition) is 3. The maximum Gasteiger partial charge on any atom is 0.227 e. The molecule has 4 nitrogen and oxygen atoms in total. The van der Waals surface area contributed by atoms with E-state index in [9.17, 15) is 4.79 Å². The molecule has 0 bridgehead atoms. The molecule has 4 heteroatoms. The van der Waals surface area contributed by atoms with Crippen LogP contribution in [0.25, 0.3) is 10.9 Å². The first-order valence-electron chi connectivity index (χ1n) is 6.34. The first-order valence-corrected chi connectivity index (χ1v) is 6.34. The van der Waals surface area contributed by atoms with Gasteiger partial charge in [0.15, 0.2) is 0 Å². The van der Waals surface area contributed by atoms with E-state index in [2.05, 4.69) is 4.98 Å². The van der Waals surface area contributed by atoms with Crippen LogP contribution in [-0.2, 0) is 11.5 Å². The van der Waals surface area contributed by atoms with Crippen molar-refractivity contribution in [1.82, 2.24) is 9.55 Å². The van der Waals surface area contributed by atoms with E-state index < -0.39 is 0 Å². The lowest BCUT2D eigenvalue weighted by molar-refractivity contribution is 0.0990. The highest BCUT2D eigenvalue weighted by Crippen LogP contribution is 2.21. The van der Waals surface area contributed by atoms with Crippen LogP contribution in [0, 0.1) is 0 Å². The minimum atomic E-state index is -0.0983. The maximum absolute atomic E-state index is 12.6. The van der Waals surface area contributed by atoms with E-state index in [0.29, 0.717) is 18.1 Å². The number of hydrogen-bond donors (Lipinski definition) is 0. The number of para-hydroxylation sites is 1. The summed E-state index contributed by atoms with van der Waals surface area (Å²) >= 11 is 0. The Morgan fingerprint density at radius 1 is 1.20 bits per heavy atom. The van der Waals surface area contributed by atoms with Crippen LogP contribution in [0.2, 0.25) is 0 Å². The summed E-state index contributed by atoms with van der Waals surface area (Å²) in [6.45, 7) is 0.335. The molecular formula is C16H14N2O2. The lowest BCUT2D eigenvalue weighted by atomic mass is 10.2. The molecule has 0 saturated carbocycles. The van der Waals surface area contributed by atoms with Gasteiger partial charge in [-0.25, -0.2) is 0 Å². The molecule has 2 heterocycles. The number of carbonyl (C=O) groups is 1. The number of aromatic nitrogens is 2. The number of carbonyl (C=O) groups excluding carboxylic acids is 1. The molecule has 0 radical (unpaired) electrons. The van der Waals surface area contributed by atoms with Crippen LogP contribution in [-0.4, -0.2) is 22.4 Å². The molecule has 0 fully saturated rings. The summed E-state index contributed by atoms with van der Waals surface area (Å²) in [5, 5.41) is 1.02. The third-order valence-electron chi connectivity index (χ3n) is 3.20. The van der Waals surface area contributed by atoms with Gasteiger partial charge in [-0.15, -0.1) is 0 Å². The Morgan fingerprint density at radius 2 is 2.00 bits per heavy atom. The number of benzene rings is 1. The average molecular weight is 266 g/mol. The van der Waals surface area contributed by atoms with Crippen LogP contribution in [0.15, 0.2) is 54.7 Å². The maximum atomic E-state index is 12.6. The molecule has 0 N–H and O–H groups in total. The van der Waals surface area contributed by atoms with E-state index in [1.807, 2.05) is 41.0 Å². The van der Waals surface area contributed by atoms with Gasteiger partial charge in [0.05, 0.1) is 11.2 Å². The van der Waals surface area contributed by atoms with Gasteiger partial charge in [-0.3, -0.25) is 9.78 Å². The van der Waals surface area contributed by atoms with Gasteiger partial charge in [0.1, 0.15) is 12.4 Å². The van der Waals surface area contributed by atoms with Crippen molar-refractivity contribution < 1.29 is 9.53 Å². The van der Waals surface area contributed by atoms with Gasteiger partial charge in [0, 0.05) is 18.7 Å². The van der Waals surface area contributed by atoms with Crippen LogP contribution >= 0.6 is 0 Å². The highest BCUT2D eigenvalue weighted by Gasteiger charge is 2.17. The third-order valence-corrected chi connectivity index (χ3v) is 3.20. The standard InChI is InChI=1S/C16H14N2O2/c1-20-11-18-14-8-3-2-6-12(14)10-15(18)16(19)13-7-4-5-9-17-13/h2-10H,11H2,1H3. The van der Waals surface area contributed by atoms with E-state index in [4.69, 9.17) is 4.74 Å². The van der Waals surface area contributed by atoms with Gasteiger partial charge in [-0.05, 0) is 24.3 Å². The number of rotatable bonds is 4. The van der Waals surface area contributed by atoms with Crippen molar-refractivity contribution in [3.63, 3.8) is 0 Å². The topological polar surface area (TPSA) is 44.1 Å². The fourth-order valence-corrected chi connectivity index (χ4v) is 2.29. The molecule has 0 aliphatic rings. The summed E-state index contributed by atoms with van der Waals surface area (Å²) in [5.41, 5.74) is 2.01. The van der Waals surface area contributed by atoms with Gasteiger partial charge in [0.25, 0.3) is 0 Å². The summed E-state index contributed by atoms with van der Waals surface area (Å²) in [6.07, 6.45) is 1.62. The Labute approximate surface area is 116 Å². The fraction of sp³-hybridized carbons (Fsp3) is 0.125. The molecule has 2 aromatic heterocycles. The van der Waals surface area contributed by atoms with E-state index in [1.54, 1.807) is 25.4 Å². The second-order valence-electron chi connectivity index (χ2n) is 4.48. The van der Waals surface area contributed by atoms with E-state index in [1.165, 1.54) is 0 Å². The molecule has 20 heavy (non-hydrogen) atoms. The molecule has 3 aromatic rings. The van der Waals surface area contributed by atoms with Gasteiger partial charge in [-0.1, -0.05) is 24.3 Å². The number of ketones is 1. The van der Waals surface area contributed by atoms with Crippen LogP contribution in [0.1, 0.15) is 16.2 Å². The largest absolute Gasteiger partial charge is 0.364 e. The number of ether oxygens (including phenoxy) is 1. The quantitative estimate of drug-likeness (QED) is 0.682. The second-order valence-corrected chi connectivity index (χ2v) is 4.48.